The lowest BCUT2D eigenvalue weighted by atomic mass is 9.99. The predicted molar refractivity (Wildman–Crippen MR) is 232 cm³/mol. The summed E-state index contributed by atoms with van der Waals surface area (Å²) in [6.07, 6.45) is 46.0. The minimum absolute atomic E-state index is 0.622. The van der Waals surface area contributed by atoms with Gasteiger partial charge < -0.3 is 0 Å². The summed E-state index contributed by atoms with van der Waals surface area (Å²) in [6.45, 7) is 28.8. The number of hydrogen-bond donors (Lipinski definition) is 0. The van der Waals surface area contributed by atoms with E-state index < -0.39 is 0 Å². The molecule has 0 fully saturated rings. The van der Waals surface area contributed by atoms with Crippen molar-refractivity contribution >= 4 is 0 Å². The van der Waals surface area contributed by atoms with E-state index in [4.69, 9.17) is 0 Å². The van der Waals surface area contributed by atoms with Crippen molar-refractivity contribution in [2.45, 2.75) is 185 Å². The fourth-order valence-electron chi connectivity index (χ4n) is 5.99. The average Bonchev–Trinajstić information content (AvgIpc) is 3.04. The number of hydrogen-bond acceptors (Lipinski definition) is 0. The molecule has 0 aromatic heterocycles. The molecule has 0 heterocycles. The summed E-state index contributed by atoms with van der Waals surface area (Å²) < 4.78 is 0. The van der Waals surface area contributed by atoms with Crippen LogP contribution in [0.1, 0.15) is 185 Å². The van der Waals surface area contributed by atoms with Gasteiger partial charge in [0, 0.05) is 0 Å². The van der Waals surface area contributed by atoms with Crippen LogP contribution in [0.4, 0.5) is 0 Å². The zero-order valence-corrected chi connectivity index (χ0v) is 35.2. The van der Waals surface area contributed by atoms with Crippen molar-refractivity contribution in [3.63, 3.8) is 0 Å². The molecule has 0 N–H and O–H groups in total. The van der Waals surface area contributed by atoms with Crippen molar-refractivity contribution < 1.29 is 0 Å². The number of unbranched alkanes of at least 4 members (excludes halogenated alkanes) is 1. The standard InChI is InChI=1S/C50H81/c1-13-42(4)26-17-27-43(5)28-18-29-44(6)30-19-31-45(7)32-20-33-46(8)34-21-35-47(9)36-22-37-48(10)38-23-39-50(12)40-49(11)25-16-14-15-24-41(2)3/h13,16,24-25,27,29,31,33,35,37,39,49H,1,14-15,17-23,26,28,30,32,34,36,38,40H2,2-12H3. The maximum Gasteiger partial charge on any atom is -0.0225 e. The molecule has 0 rings (SSSR count). The van der Waals surface area contributed by atoms with E-state index in [0.29, 0.717) is 5.92 Å². The Kier molecular flexibility index (Phi) is 29.5. The van der Waals surface area contributed by atoms with Gasteiger partial charge in [0.25, 0.3) is 0 Å². The lowest BCUT2D eigenvalue weighted by Gasteiger charge is -2.07. The van der Waals surface area contributed by atoms with Crippen LogP contribution in [-0.2, 0) is 0 Å². The maximum absolute atomic E-state index is 3.85. The van der Waals surface area contributed by atoms with Gasteiger partial charge in [0.2, 0.25) is 0 Å². The molecule has 0 aliphatic carbocycles. The Labute approximate surface area is 314 Å². The summed E-state index contributed by atoms with van der Waals surface area (Å²) in [5.74, 6) is 0.622. The summed E-state index contributed by atoms with van der Waals surface area (Å²) in [6, 6.07) is 0. The normalized spacial score (nSPS) is 15.4. The third-order valence-corrected chi connectivity index (χ3v) is 9.56. The molecule has 1 atom stereocenters. The minimum Gasteiger partial charge on any atom is -0.0880 e. The molecule has 0 aromatic rings. The summed E-state index contributed by atoms with van der Waals surface area (Å²) in [7, 11) is 0. The van der Waals surface area contributed by atoms with Gasteiger partial charge in [-0.2, -0.15) is 0 Å². The zero-order valence-electron chi connectivity index (χ0n) is 35.2. The monoisotopic (exact) mass is 682 g/mol. The van der Waals surface area contributed by atoms with E-state index in [0.717, 1.165) is 64.2 Å². The molecule has 0 heteroatoms. The first-order valence-electron chi connectivity index (χ1n) is 20.2. The molecule has 50 heavy (non-hydrogen) atoms. The highest BCUT2D eigenvalue weighted by atomic mass is 14.1. The summed E-state index contributed by atoms with van der Waals surface area (Å²) in [4.78, 5) is 0. The molecule has 1 unspecified atom stereocenters. The van der Waals surface area contributed by atoms with E-state index in [1.807, 2.05) is 6.08 Å². The second-order valence-electron chi connectivity index (χ2n) is 15.6. The summed E-state index contributed by atoms with van der Waals surface area (Å²) >= 11 is 0. The van der Waals surface area contributed by atoms with Crippen LogP contribution < -0.4 is 0 Å². The molecule has 0 spiro atoms. The Morgan fingerprint density at radius 3 is 0.980 bits per heavy atom. The maximum atomic E-state index is 3.85. The van der Waals surface area contributed by atoms with E-state index in [2.05, 4.69) is 144 Å². The number of allylic oxidation sites excluding steroid dienone is 20. The second kappa shape index (κ2) is 31.2. The van der Waals surface area contributed by atoms with Gasteiger partial charge in [-0.15, -0.1) is 0 Å². The first kappa shape index (κ1) is 47.4. The van der Waals surface area contributed by atoms with Crippen molar-refractivity contribution in [3.05, 3.63) is 124 Å². The topological polar surface area (TPSA) is 0 Å². The zero-order chi connectivity index (χ0) is 37.6. The van der Waals surface area contributed by atoms with E-state index in [1.54, 1.807) is 0 Å². The van der Waals surface area contributed by atoms with Crippen LogP contribution in [0.15, 0.2) is 117 Å². The van der Waals surface area contributed by atoms with Crippen molar-refractivity contribution in [1.29, 1.82) is 0 Å². The van der Waals surface area contributed by atoms with Crippen molar-refractivity contribution in [1.82, 2.24) is 0 Å². The second-order valence-corrected chi connectivity index (χ2v) is 15.6. The lowest BCUT2D eigenvalue weighted by Crippen LogP contribution is -1.91. The van der Waals surface area contributed by atoms with Crippen LogP contribution in [0.5, 0.6) is 0 Å². The van der Waals surface area contributed by atoms with Crippen LogP contribution in [-0.4, -0.2) is 0 Å². The molecule has 0 amide bonds. The molecule has 0 aliphatic rings. The van der Waals surface area contributed by atoms with Gasteiger partial charge in [0.05, 0.1) is 0 Å². The van der Waals surface area contributed by atoms with Gasteiger partial charge >= 0.3 is 0 Å². The predicted octanol–water partition coefficient (Wildman–Crippen LogP) is 17.2. The van der Waals surface area contributed by atoms with Crippen LogP contribution in [0.3, 0.4) is 0 Å². The molecule has 0 saturated carbocycles. The molecule has 0 saturated heterocycles. The van der Waals surface area contributed by atoms with Crippen LogP contribution in [0, 0.1) is 12.8 Å². The van der Waals surface area contributed by atoms with Gasteiger partial charge in [-0.1, -0.05) is 124 Å². The average molecular weight is 682 g/mol. The van der Waals surface area contributed by atoms with Gasteiger partial charge in [0.15, 0.2) is 0 Å². The molecule has 0 nitrogen and oxygen atoms in total. The first-order valence-corrected chi connectivity index (χ1v) is 20.2. The van der Waals surface area contributed by atoms with Crippen molar-refractivity contribution in [3.8, 4) is 0 Å². The molecular weight excluding hydrogens is 601 g/mol. The quantitative estimate of drug-likeness (QED) is 0.0598. The third-order valence-electron chi connectivity index (χ3n) is 9.56. The lowest BCUT2D eigenvalue weighted by molar-refractivity contribution is 0.708. The molecule has 0 aromatic carbocycles. The summed E-state index contributed by atoms with van der Waals surface area (Å²) in [5, 5.41) is 0. The number of rotatable bonds is 27. The Balaban J connectivity index is 4.25. The van der Waals surface area contributed by atoms with Crippen LogP contribution in [0.2, 0.25) is 0 Å². The Morgan fingerprint density at radius 2 is 0.680 bits per heavy atom. The van der Waals surface area contributed by atoms with Gasteiger partial charge in [-0.05, 0) is 191 Å². The van der Waals surface area contributed by atoms with E-state index >= 15 is 0 Å². The minimum atomic E-state index is 0.622. The van der Waals surface area contributed by atoms with E-state index in [-0.39, 0.29) is 0 Å². The fraction of sp³-hybridized carbons (Fsp3) is 0.580. The Hall–Kier alpha value is -2.60. The summed E-state index contributed by atoms with van der Waals surface area (Å²) in [5.41, 5.74) is 13.5. The SMILES string of the molecule is [CH2]C=C(C)CCC=C(C)CCC=C(C)CCC=C(C)CCC=C(C)CCC=C(C)CCC=C(C)CCC=C(C)CC(C)C=CCCC=C(C)C. The molecular formula is C50H81. The molecule has 0 bridgehead atoms. The Morgan fingerprint density at radius 1 is 0.380 bits per heavy atom. The van der Waals surface area contributed by atoms with Crippen molar-refractivity contribution in [2.24, 2.45) is 5.92 Å². The van der Waals surface area contributed by atoms with Crippen LogP contribution >= 0.6 is 0 Å². The van der Waals surface area contributed by atoms with Gasteiger partial charge in [-0.3, -0.25) is 0 Å². The van der Waals surface area contributed by atoms with Gasteiger partial charge in [-0.25, -0.2) is 0 Å². The molecule has 281 valence electrons. The highest BCUT2D eigenvalue weighted by Crippen LogP contribution is 2.18. The fourth-order valence-corrected chi connectivity index (χ4v) is 5.99. The van der Waals surface area contributed by atoms with Gasteiger partial charge in [0.1, 0.15) is 0 Å². The highest BCUT2D eigenvalue weighted by Gasteiger charge is 2.00. The molecule has 0 aliphatic heterocycles. The molecule has 1 radical (unpaired) electrons. The Bertz CT molecular complexity index is 1220. The van der Waals surface area contributed by atoms with Crippen molar-refractivity contribution in [2.75, 3.05) is 0 Å². The largest absolute Gasteiger partial charge is 0.0880 e. The third kappa shape index (κ3) is 31.4. The van der Waals surface area contributed by atoms with Crippen LogP contribution in [0.25, 0.3) is 0 Å². The van der Waals surface area contributed by atoms with E-state index in [9.17, 15) is 0 Å². The van der Waals surface area contributed by atoms with E-state index in [1.165, 1.54) is 95.1 Å². The smallest absolute Gasteiger partial charge is 0.0225 e. The highest BCUT2D eigenvalue weighted by molar-refractivity contribution is 5.11. The first-order chi connectivity index (χ1) is 23.8.